The van der Waals surface area contributed by atoms with E-state index in [1.165, 1.54) is 11.1 Å². The molecule has 4 heteroatoms. The minimum absolute atomic E-state index is 0.111. The van der Waals surface area contributed by atoms with Gasteiger partial charge in [0.15, 0.2) is 0 Å². The third-order valence-corrected chi connectivity index (χ3v) is 4.84. The van der Waals surface area contributed by atoms with Crippen LogP contribution in [-0.4, -0.2) is 34.8 Å². The highest BCUT2D eigenvalue weighted by molar-refractivity contribution is 5.89. The zero-order valence-corrected chi connectivity index (χ0v) is 12.5. The summed E-state index contributed by atoms with van der Waals surface area (Å²) in [7, 11) is 0. The maximum atomic E-state index is 12.7. The van der Waals surface area contributed by atoms with Gasteiger partial charge >= 0.3 is 0 Å². The normalized spacial score (nSPS) is 27.5. The summed E-state index contributed by atoms with van der Waals surface area (Å²) >= 11 is 0. The van der Waals surface area contributed by atoms with Gasteiger partial charge in [-0.1, -0.05) is 36.3 Å². The van der Waals surface area contributed by atoms with Gasteiger partial charge in [0.05, 0.1) is 5.71 Å². The lowest BCUT2D eigenvalue weighted by atomic mass is 9.82. The Morgan fingerprint density at radius 1 is 1.29 bits per heavy atom. The highest BCUT2D eigenvalue weighted by Gasteiger charge is 2.32. The zero-order valence-electron chi connectivity index (χ0n) is 12.5. The van der Waals surface area contributed by atoms with Gasteiger partial charge in [-0.15, -0.1) is 0 Å². The van der Waals surface area contributed by atoms with Crippen LogP contribution in [0.3, 0.4) is 0 Å². The van der Waals surface area contributed by atoms with Crippen molar-refractivity contribution in [3.05, 3.63) is 35.4 Å². The van der Waals surface area contributed by atoms with Crippen molar-refractivity contribution in [2.45, 2.75) is 32.6 Å². The van der Waals surface area contributed by atoms with E-state index in [1.807, 2.05) is 11.8 Å². The third kappa shape index (κ3) is 2.80. The molecule has 0 aromatic heterocycles. The van der Waals surface area contributed by atoms with Gasteiger partial charge in [0.1, 0.15) is 0 Å². The van der Waals surface area contributed by atoms with Crippen LogP contribution in [0.2, 0.25) is 0 Å². The molecule has 1 aromatic carbocycles. The summed E-state index contributed by atoms with van der Waals surface area (Å²) in [4.78, 5) is 14.7. The van der Waals surface area contributed by atoms with Crippen LogP contribution in [0.5, 0.6) is 0 Å². The van der Waals surface area contributed by atoms with E-state index < -0.39 is 0 Å². The summed E-state index contributed by atoms with van der Waals surface area (Å²) in [5.41, 5.74) is 3.53. The molecule has 1 aromatic rings. The van der Waals surface area contributed by atoms with Crippen LogP contribution < -0.4 is 0 Å². The molecule has 1 heterocycles. The van der Waals surface area contributed by atoms with E-state index >= 15 is 0 Å². The molecule has 0 radical (unpaired) electrons. The number of hydrogen-bond donors (Lipinski definition) is 1. The maximum absolute atomic E-state index is 12.7. The average molecular weight is 286 g/mol. The Labute approximate surface area is 125 Å². The third-order valence-electron chi connectivity index (χ3n) is 4.84. The molecule has 1 aliphatic heterocycles. The van der Waals surface area contributed by atoms with E-state index in [4.69, 9.17) is 5.21 Å². The number of amides is 1. The van der Waals surface area contributed by atoms with Gasteiger partial charge in [-0.25, -0.2) is 0 Å². The molecule has 2 aliphatic rings. The Balaban J connectivity index is 1.67. The van der Waals surface area contributed by atoms with Gasteiger partial charge in [-0.2, -0.15) is 0 Å². The molecule has 1 saturated heterocycles. The molecule has 1 amide bonds. The second-order valence-electron chi connectivity index (χ2n) is 6.24. The molecule has 1 N–H and O–H groups in total. The largest absolute Gasteiger partial charge is 0.411 e. The van der Waals surface area contributed by atoms with Gasteiger partial charge in [0, 0.05) is 31.3 Å². The Kier molecular flexibility index (Phi) is 3.95. The van der Waals surface area contributed by atoms with Gasteiger partial charge in [-0.05, 0) is 30.4 Å². The second kappa shape index (κ2) is 5.88. The number of hydrogen-bond acceptors (Lipinski definition) is 3. The van der Waals surface area contributed by atoms with Crippen molar-refractivity contribution in [3.8, 4) is 0 Å². The van der Waals surface area contributed by atoms with E-state index in [0.29, 0.717) is 19.5 Å². The summed E-state index contributed by atoms with van der Waals surface area (Å²) in [5, 5.41) is 12.3. The number of rotatable bonds is 1. The highest BCUT2D eigenvalue weighted by Crippen LogP contribution is 2.28. The van der Waals surface area contributed by atoms with E-state index in [0.717, 1.165) is 25.0 Å². The lowest BCUT2D eigenvalue weighted by Crippen LogP contribution is -2.46. The molecule has 2 unspecified atom stereocenters. The SMILES string of the molecule is CC1CN(C(=O)C2CCc3ccccc3C2)CC/C1=N\O. The first-order valence-corrected chi connectivity index (χ1v) is 7.75. The zero-order chi connectivity index (χ0) is 14.8. The van der Waals surface area contributed by atoms with Crippen molar-refractivity contribution in [1.82, 2.24) is 4.90 Å². The highest BCUT2D eigenvalue weighted by atomic mass is 16.4. The monoisotopic (exact) mass is 286 g/mol. The van der Waals surface area contributed by atoms with E-state index in [9.17, 15) is 4.79 Å². The van der Waals surface area contributed by atoms with Gasteiger partial charge in [0.25, 0.3) is 0 Å². The molecular formula is C17H22N2O2. The first-order valence-electron chi connectivity index (χ1n) is 7.75. The van der Waals surface area contributed by atoms with Crippen LogP contribution >= 0.6 is 0 Å². The Morgan fingerprint density at radius 3 is 2.76 bits per heavy atom. The summed E-state index contributed by atoms with van der Waals surface area (Å²) in [5.74, 6) is 0.539. The molecule has 112 valence electrons. The summed E-state index contributed by atoms with van der Waals surface area (Å²) in [6.07, 6.45) is 3.49. The van der Waals surface area contributed by atoms with E-state index in [-0.39, 0.29) is 17.7 Å². The van der Waals surface area contributed by atoms with Crippen LogP contribution in [0.15, 0.2) is 29.4 Å². The Bertz CT molecular complexity index is 568. The number of nitrogens with zero attached hydrogens (tertiary/aromatic N) is 2. The lowest BCUT2D eigenvalue weighted by Gasteiger charge is -2.35. The van der Waals surface area contributed by atoms with E-state index in [1.54, 1.807) is 0 Å². The summed E-state index contributed by atoms with van der Waals surface area (Å²) in [6.45, 7) is 3.38. The summed E-state index contributed by atoms with van der Waals surface area (Å²) < 4.78 is 0. The first kappa shape index (κ1) is 14.1. The number of carbonyl (C=O) groups is 1. The lowest BCUT2D eigenvalue weighted by molar-refractivity contribution is -0.136. The van der Waals surface area contributed by atoms with Crippen molar-refractivity contribution in [3.63, 3.8) is 0 Å². The number of piperidine rings is 1. The topological polar surface area (TPSA) is 52.9 Å². The fourth-order valence-electron chi connectivity index (χ4n) is 3.54. The smallest absolute Gasteiger partial charge is 0.226 e. The minimum atomic E-state index is 0.111. The number of carbonyl (C=O) groups excluding carboxylic acids is 1. The van der Waals surface area contributed by atoms with Crippen molar-refractivity contribution < 1.29 is 10.0 Å². The Hall–Kier alpha value is -1.84. The molecule has 0 spiro atoms. The van der Waals surface area contributed by atoms with Crippen molar-refractivity contribution in [2.75, 3.05) is 13.1 Å². The van der Waals surface area contributed by atoms with Crippen molar-refractivity contribution >= 4 is 11.6 Å². The predicted octanol–water partition coefficient (Wildman–Crippen LogP) is 2.49. The number of likely N-dealkylation sites (tertiary alicyclic amines) is 1. The molecule has 4 nitrogen and oxygen atoms in total. The van der Waals surface area contributed by atoms with Crippen LogP contribution in [-0.2, 0) is 17.6 Å². The molecule has 0 bridgehead atoms. The van der Waals surface area contributed by atoms with Crippen LogP contribution in [0.4, 0.5) is 0 Å². The number of fused-ring (bicyclic) bond motifs is 1. The van der Waals surface area contributed by atoms with Crippen LogP contribution in [0, 0.1) is 11.8 Å². The fraction of sp³-hybridized carbons (Fsp3) is 0.529. The van der Waals surface area contributed by atoms with Gasteiger partial charge < -0.3 is 10.1 Å². The minimum Gasteiger partial charge on any atom is -0.411 e. The van der Waals surface area contributed by atoms with E-state index in [2.05, 4.69) is 29.4 Å². The predicted molar refractivity (Wildman–Crippen MR) is 81.5 cm³/mol. The van der Waals surface area contributed by atoms with Crippen LogP contribution in [0.1, 0.15) is 30.9 Å². The fourth-order valence-corrected chi connectivity index (χ4v) is 3.54. The van der Waals surface area contributed by atoms with Crippen molar-refractivity contribution in [2.24, 2.45) is 17.0 Å². The standard InChI is InChI=1S/C17H22N2O2/c1-12-11-19(9-8-16(12)18-21)17(20)15-7-6-13-4-2-3-5-14(13)10-15/h2-5,12,15,21H,6-11H2,1H3/b18-16+. The van der Waals surface area contributed by atoms with Crippen molar-refractivity contribution in [1.29, 1.82) is 0 Å². The molecule has 21 heavy (non-hydrogen) atoms. The van der Waals surface area contributed by atoms with Gasteiger partial charge in [-0.3, -0.25) is 4.79 Å². The van der Waals surface area contributed by atoms with Gasteiger partial charge in [0.2, 0.25) is 5.91 Å². The number of aryl methyl sites for hydroxylation is 1. The second-order valence-corrected chi connectivity index (χ2v) is 6.24. The Morgan fingerprint density at radius 2 is 2.05 bits per heavy atom. The maximum Gasteiger partial charge on any atom is 0.226 e. The number of benzene rings is 1. The van der Waals surface area contributed by atoms with Crippen LogP contribution in [0.25, 0.3) is 0 Å². The molecule has 0 saturated carbocycles. The molecule has 1 aliphatic carbocycles. The summed E-state index contributed by atoms with van der Waals surface area (Å²) in [6, 6.07) is 8.44. The molecular weight excluding hydrogens is 264 g/mol. The average Bonchev–Trinajstić information content (AvgIpc) is 2.53. The quantitative estimate of drug-likeness (QED) is 0.637. The molecule has 3 rings (SSSR count). The molecule has 2 atom stereocenters. The first-order chi connectivity index (χ1) is 10.2. The molecule has 1 fully saturated rings. The number of oxime groups is 1.